The summed E-state index contributed by atoms with van der Waals surface area (Å²) < 4.78 is 5.30. The number of piperazine rings is 1. The highest BCUT2D eigenvalue weighted by molar-refractivity contribution is 5.81. The second-order valence-corrected chi connectivity index (χ2v) is 6.15. The van der Waals surface area contributed by atoms with E-state index in [1.807, 2.05) is 25.1 Å². The number of carbonyl (C=O) groups is 1. The van der Waals surface area contributed by atoms with Gasteiger partial charge in [0.25, 0.3) is 0 Å². The zero-order valence-corrected chi connectivity index (χ0v) is 14.1. The number of nitrogens with one attached hydrogen (secondary N) is 1. The van der Waals surface area contributed by atoms with Gasteiger partial charge in [-0.2, -0.15) is 0 Å². The van der Waals surface area contributed by atoms with E-state index >= 15 is 0 Å². The van der Waals surface area contributed by atoms with E-state index in [-0.39, 0.29) is 11.9 Å². The van der Waals surface area contributed by atoms with Crippen LogP contribution in [0.1, 0.15) is 12.7 Å². The fourth-order valence-corrected chi connectivity index (χ4v) is 2.74. The van der Waals surface area contributed by atoms with Gasteiger partial charge in [-0.05, 0) is 26.1 Å². The van der Waals surface area contributed by atoms with Gasteiger partial charge in [0.1, 0.15) is 5.69 Å². The summed E-state index contributed by atoms with van der Waals surface area (Å²) in [5.74, 6) is 0.645. The lowest BCUT2D eigenvalue weighted by Crippen LogP contribution is -2.52. The molecule has 1 fully saturated rings. The van der Waals surface area contributed by atoms with Crippen molar-refractivity contribution in [3.8, 4) is 11.3 Å². The Morgan fingerprint density at radius 2 is 2.17 bits per heavy atom. The van der Waals surface area contributed by atoms with Crippen LogP contribution in [0.2, 0.25) is 0 Å². The molecule has 2 aromatic rings. The second kappa shape index (κ2) is 7.55. The largest absolute Gasteiger partial charge is 0.359 e. The molecule has 1 unspecified atom stereocenters. The van der Waals surface area contributed by atoms with Gasteiger partial charge in [-0.3, -0.25) is 14.7 Å². The van der Waals surface area contributed by atoms with Gasteiger partial charge < -0.3 is 14.7 Å². The van der Waals surface area contributed by atoms with Crippen molar-refractivity contribution in [3.05, 3.63) is 36.4 Å². The van der Waals surface area contributed by atoms with Crippen molar-refractivity contribution in [1.29, 1.82) is 0 Å². The van der Waals surface area contributed by atoms with Crippen molar-refractivity contribution in [1.82, 2.24) is 25.3 Å². The van der Waals surface area contributed by atoms with Crippen LogP contribution in [-0.4, -0.2) is 65.1 Å². The van der Waals surface area contributed by atoms with E-state index in [2.05, 4.69) is 32.3 Å². The molecule has 0 spiro atoms. The Hall–Kier alpha value is -2.25. The molecule has 7 nitrogen and oxygen atoms in total. The highest BCUT2D eigenvalue weighted by Crippen LogP contribution is 2.17. The number of nitrogens with zero attached hydrogens (tertiary/aromatic N) is 4. The molecular formula is C17H23N5O2. The molecule has 0 aromatic carbocycles. The number of rotatable bonds is 5. The van der Waals surface area contributed by atoms with E-state index in [0.29, 0.717) is 12.3 Å². The first-order valence-electron chi connectivity index (χ1n) is 8.20. The quantitative estimate of drug-likeness (QED) is 0.882. The van der Waals surface area contributed by atoms with Gasteiger partial charge in [-0.15, -0.1) is 0 Å². The Bertz CT molecular complexity index is 665. The Kier molecular flexibility index (Phi) is 5.22. The minimum atomic E-state index is -0.139. The minimum Gasteiger partial charge on any atom is -0.359 e. The van der Waals surface area contributed by atoms with Crippen LogP contribution in [0.15, 0.2) is 35.1 Å². The summed E-state index contributed by atoms with van der Waals surface area (Å²) in [5.41, 5.74) is 1.61. The molecule has 0 bridgehead atoms. The Labute approximate surface area is 141 Å². The number of hydrogen-bond acceptors (Lipinski definition) is 6. The number of likely N-dealkylation sites (N-methyl/N-ethyl adjacent to an activating group) is 1. The molecule has 0 radical (unpaired) electrons. The first kappa shape index (κ1) is 16.6. The van der Waals surface area contributed by atoms with Crippen LogP contribution in [0.3, 0.4) is 0 Å². The Morgan fingerprint density at radius 1 is 1.38 bits per heavy atom. The van der Waals surface area contributed by atoms with Gasteiger partial charge >= 0.3 is 0 Å². The number of hydrogen-bond donors (Lipinski definition) is 1. The molecule has 1 N–H and O–H groups in total. The van der Waals surface area contributed by atoms with E-state index in [0.717, 1.165) is 37.4 Å². The van der Waals surface area contributed by atoms with Gasteiger partial charge in [0.15, 0.2) is 5.76 Å². The SMILES string of the molecule is CC(C(=O)NCc1cc(-c2cccnc2)no1)N1CCN(C)CC1. The average Bonchev–Trinajstić information content (AvgIpc) is 3.09. The third-order valence-electron chi connectivity index (χ3n) is 4.42. The summed E-state index contributed by atoms with van der Waals surface area (Å²) >= 11 is 0. The summed E-state index contributed by atoms with van der Waals surface area (Å²) in [6.07, 6.45) is 3.44. The van der Waals surface area contributed by atoms with Crippen molar-refractivity contribution in [2.45, 2.75) is 19.5 Å². The maximum atomic E-state index is 12.3. The molecule has 24 heavy (non-hydrogen) atoms. The topological polar surface area (TPSA) is 74.5 Å². The van der Waals surface area contributed by atoms with Crippen LogP contribution in [0.4, 0.5) is 0 Å². The predicted octanol–water partition coefficient (Wildman–Crippen LogP) is 0.989. The van der Waals surface area contributed by atoms with Crippen LogP contribution in [-0.2, 0) is 11.3 Å². The van der Waals surface area contributed by atoms with Crippen molar-refractivity contribution in [2.75, 3.05) is 33.2 Å². The number of pyridine rings is 1. The molecule has 3 rings (SSSR count). The van der Waals surface area contributed by atoms with Gasteiger partial charge in [-0.1, -0.05) is 5.16 Å². The first-order chi connectivity index (χ1) is 11.6. The minimum absolute atomic E-state index is 0.0129. The van der Waals surface area contributed by atoms with Gasteiger partial charge in [0.2, 0.25) is 5.91 Å². The molecule has 7 heteroatoms. The fourth-order valence-electron chi connectivity index (χ4n) is 2.74. The van der Waals surface area contributed by atoms with Crippen molar-refractivity contribution < 1.29 is 9.32 Å². The van der Waals surface area contributed by atoms with Gasteiger partial charge in [-0.25, -0.2) is 0 Å². The molecule has 1 aliphatic heterocycles. The van der Waals surface area contributed by atoms with E-state index in [4.69, 9.17) is 4.52 Å². The van der Waals surface area contributed by atoms with E-state index in [9.17, 15) is 4.79 Å². The zero-order chi connectivity index (χ0) is 16.9. The summed E-state index contributed by atoms with van der Waals surface area (Å²) in [6, 6.07) is 5.46. The summed E-state index contributed by atoms with van der Waals surface area (Å²) in [6.45, 7) is 6.10. The lowest BCUT2D eigenvalue weighted by molar-refractivity contribution is -0.126. The fraction of sp³-hybridized carbons (Fsp3) is 0.471. The monoisotopic (exact) mass is 329 g/mol. The smallest absolute Gasteiger partial charge is 0.237 e. The van der Waals surface area contributed by atoms with Crippen LogP contribution >= 0.6 is 0 Å². The zero-order valence-electron chi connectivity index (χ0n) is 14.1. The van der Waals surface area contributed by atoms with Crippen LogP contribution in [0.5, 0.6) is 0 Å². The van der Waals surface area contributed by atoms with E-state index in [1.165, 1.54) is 0 Å². The molecule has 3 heterocycles. The lowest BCUT2D eigenvalue weighted by Gasteiger charge is -2.35. The molecule has 2 aromatic heterocycles. The highest BCUT2D eigenvalue weighted by Gasteiger charge is 2.24. The second-order valence-electron chi connectivity index (χ2n) is 6.15. The average molecular weight is 329 g/mol. The van der Waals surface area contributed by atoms with Crippen molar-refractivity contribution >= 4 is 5.91 Å². The first-order valence-corrected chi connectivity index (χ1v) is 8.20. The van der Waals surface area contributed by atoms with Gasteiger partial charge in [0.05, 0.1) is 12.6 Å². The molecule has 0 aliphatic carbocycles. The normalized spacial score (nSPS) is 17.6. The van der Waals surface area contributed by atoms with Crippen LogP contribution in [0, 0.1) is 0 Å². The summed E-state index contributed by atoms with van der Waals surface area (Å²) in [4.78, 5) is 20.9. The molecule has 0 saturated carbocycles. The number of amides is 1. The van der Waals surface area contributed by atoms with E-state index < -0.39 is 0 Å². The molecule has 1 saturated heterocycles. The van der Waals surface area contributed by atoms with Crippen LogP contribution < -0.4 is 5.32 Å². The van der Waals surface area contributed by atoms with Crippen molar-refractivity contribution in [3.63, 3.8) is 0 Å². The summed E-state index contributed by atoms with van der Waals surface area (Å²) in [5, 5.41) is 6.95. The predicted molar refractivity (Wildman–Crippen MR) is 90.1 cm³/mol. The van der Waals surface area contributed by atoms with Gasteiger partial charge in [0, 0.05) is 50.2 Å². The van der Waals surface area contributed by atoms with E-state index in [1.54, 1.807) is 12.4 Å². The number of carbonyl (C=O) groups excluding carboxylic acids is 1. The van der Waals surface area contributed by atoms with Crippen molar-refractivity contribution in [2.24, 2.45) is 0 Å². The standard InChI is InChI=1S/C17H23N5O2/c1-13(22-8-6-21(2)7-9-22)17(23)19-12-15-10-16(20-24-15)14-4-3-5-18-11-14/h3-5,10-11,13H,6-9,12H2,1-2H3,(H,19,23). The summed E-state index contributed by atoms with van der Waals surface area (Å²) in [7, 11) is 2.10. The lowest BCUT2D eigenvalue weighted by atomic mass is 10.2. The molecule has 1 aliphatic rings. The Balaban J connectivity index is 1.52. The molecule has 1 atom stereocenters. The molecular weight excluding hydrogens is 306 g/mol. The maximum absolute atomic E-state index is 12.3. The molecule has 128 valence electrons. The Morgan fingerprint density at radius 3 is 2.88 bits per heavy atom. The maximum Gasteiger partial charge on any atom is 0.237 e. The third-order valence-corrected chi connectivity index (χ3v) is 4.42. The number of aromatic nitrogens is 2. The van der Waals surface area contributed by atoms with Crippen LogP contribution in [0.25, 0.3) is 11.3 Å². The molecule has 1 amide bonds. The highest BCUT2D eigenvalue weighted by atomic mass is 16.5. The third kappa shape index (κ3) is 3.98.